The van der Waals surface area contributed by atoms with Crippen LogP contribution in [0.25, 0.3) is 0 Å². The van der Waals surface area contributed by atoms with E-state index in [1.165, 1.54) is 7.11 Å². The van der Waals surface area contributed by atoms with Crippen LogP contribution in [0.3, 0.4) is 0 Å². The molecule has 0 bridgehead atoms. The molecule has 1 heterocycles. The first-order valence-electron chi connectivity index (χ1n) is 2.99. The Morgan fingerprint density at radius 1 is 1.40 bits per heavy atom. The van der Waals surface area contributed by atoms with Gasteiger partial charge in [-0.15, -0.1) is 0 Å². The van der Waals surface area contributed by atoms with Crippen LogP contribution in [0.15, 0.2) is 0 Å². The average molecular weight is 182 g/mol. The third-order valence-corrected chi connectivity index (χ3v) is 5.58. The highest BCUT2D eigenvalue weighted by molar-refractivity contribution is 8.06. The van der Waals surface area contributed by atoms with Gasteiger partial charge in [0.15, 0.2) is 0 Å². The zero-order valence-electron chi connectivity index (χ0n) is 5.74. The van der Waals surface area contributed by atoms with Crippen LogP contribution in [0, 0.1) is 0 Å². The molecule has 0 aliphatic carbocycles. The molecule has 0 radical (unpaired) electrons. The molecule has 1 unspecified atom stereocenters. The molecule has 0 aromatic rings. The Morgan fingerprint density at radius 3 is 2.30 bits per heavy atom. The van der Waals surface area contributed by atoms with Crippen LogP contribution in [-0.4, -0.2) is 38.2 Å². The van der Waals surface area contributed by atoms with Crippen molar-refractivity contribution in [2.75, 3.05) is 25.2 Å². The Morgan fingerprint density at radius 2 is 1.90 bits per heavy atom. The van der Waals surface area contributed by atoms with Crippen molar-refractivity contribution >= 4 is 21.6 Å². The fourth-order valence-corrected chi connectivity index (χ4v) is 4.79. The normalized spacial score (nSPS) is 40.3. The molecule has 0 saturated carbocycles. The molecular weight excluding hydrogens is 172 g/mol. The van der Waals surface area contributed by atoms with E-state index in [0.717, 1.165) is 0 Å². The van der Waals surface area contributed by atoms with E-state index in [1.54, 1.807) is 0 Å². The van der Waals surface area contributed by atoms with Crippen LogP contribution < -0.4 is 0 Å². The third-order valence-electron chi connectivity index (χ3n) is 1.37. The highest BCUT2D eigenvalue weighted by Gasteiger charge is 2.29. The lowest BCUT2D eigenvalue weighted by Crippen LogP contribution is -2.19. The standard InChI is InChI=1S/C5H10O3S2/c1-8-4-5-9(6)2-3-10(5)7/h5H,2-4H2,1H3/t5?,9-,10+. The molecule has 0 N–H and O–H groups in total. The van der Waals surface area contributed by atoms with E-state index in [0.29, 0.717) is 18.1 Å². The van der Waals surface area contributed by atoms with Gasteiger partial charge in [0.2, 0.25) is 0 Å². The summed E-state index contributed by atoms with van der Waals surface area (Å²) < 4.78 is 26.6. The Kier molecular flexibility index (Phi) is 3.00. The lowest BCUT2D eigenvalue weighted by molar-refractivity contribution is 0.212. The van der Waals surface area contributed by atoms with Crippen molar-refractivity contribution in [1.29, 1.82) is 0 Å². The van der Waals surface area contributed by atoms with E-state index in [-0.39, 0.29) is 4.58 Å². The summed E-state index contributed by atoms with van der Waals surface area (Å²) in [5, 5.41) is 0. The second-order valence-corrected chi connectivity index (χ2v) is 5.83. The van der Waals surface area contributed by atoms with Gasteiger partial charge in [-0.1, -0.05) is 0 Å². The molecule has 0 aromatic carbocycles. The number of rotatable bonds is 2. The van der Waals surface area contributed by atoms with Crippen molar-refractivity contribution in [1.82, 2.24) is 0 Å². The van der Waals surface area contributed by atoms with E-state index in [4.69, 9.17) is 4.74 Å². The molecule has 3 nitrogen and oxygen atoms in total. The summed E-state index contributed by atoms with van der Waals surface area (Å²) in [6.07, 6.45) is 0. The molecule has 1 fully saturated rings. The van der Waals surface area contributed by atoms with Crippen LogP contribution in [0.5, 0.6) is 0 Å². The maximum Gasteiger partial charge on any atom is 0.133 e. The van der Waals surface area contributed by atoms with E-state index in [1.807, 2.05) is 0 Å². The van der Waals surface area contributed by atoms with Crippen LogP contribution in [0.2, 0.25) is 0 Å². The number of methoxy groups -OCH3 is 1. The third kappa shape index (κ3) is 1.65. The van der Waals surface area contributed by atoms with Crippen molar-refractivity contribution in [2.24, 2.45) is 0 Å². The summed E-state index contributed by atoms with van der Waals surface area (Å²) >= 11 is 0. The van der Waals surface area contributed by atoms with Crippen molar-refractivity contribution in [3.63, 3.8) is 0 Å². The molecule has 10 heavy (non-hydrogen) atoms. The monoisotopic (exact) mass is 182 g/mol. The molecule has 1 rings (SSSR count). The fourth-order valence-electron chi connectivity index (χ4n) is 0.835. The lowest BCUT2D eigenvalue weighted by Gasteiger charge is -2.03. The molecule has 1 aliphatic rings. The first-order chi connectivity index (χ1) is 4.75. The van der Waals surface area contributed by atoms with Crippen molar-refractivity contribution < 1.29 is 13.2 Å². The first-order valence-corrected chi connectivity index (χ1v) is 5.75. The van der Waals surface area contributed by atoms with Gasteiger partial charge in [-0.05, 0) is 0 Å². The summed E-state index contributed by atoms with van der Waals surface area (Å²) in [5.41, 5.74) is 0. The summed E-state index contributed by atoms with van der Waals surface area (Å²) in [5.74, 6) is 1.14. The smallest absolute Gasteiger partial charge is 0.133 e. The molecule has 3 atom stereocenters. The van der Waals surface area contributed by atoms with Crippen LogP contribution in [0.1, 0.15) is 0 Å². The van der Waals surface area contributed by atoms with Gasteiger partial charge in [0.1, 0.15) is 4.58 Å². The SMILES string of the molecule is COCC1[S@](=O)CC[S@@]1=O. The zero-order valence-corrected chi connectivity index (χ0v) is 7.37. The van der Waals surface area contributed by atoms with Crippen LogP contribution >= 0.6 is 0 Å². The molecule has 60 valence electrons. The Hall–Kier alpha value is 0.260. The predicted octanol–water partition coefficient (Wildman–Crippen LogP) is -0.530. The maximum atomic E-state index is 11.0. The van der Waals surface area contributed by atoms with Crippen molar-refractivity contribution in [3.05, 3.63) is 0 Å². The molecular formula is C5H10O3S2. The highest BCUT2D eigenvalue weighted by Crippen LogP contribution is 2.12. The summed E-state index contributed by atoms with van der Waals surface area (Å²) in [4.78, 5) is 0. The van der Waals surface area contributed by atoms with E-state index in [9.17, 15) is 8.42 Å². The minimum Gasteiger partial charge on any atom is -0.382 e. The van der Waals surface area contributed by atoms with E-state index < -0.39 is 21.6 Å². The van der Waals surface area contributed by atoms with E-state index in [2.05, 4.69) is 0 Å². The Balaban J connectivity index is 2.54. The second-order valence-electron chi connectivity index (χ2n) is 2.05. The lowest BCUT2D eigenvalue weighted by atomic mass is 10.8. The van der Waals surface area contributed by atoms with Gasteiger partial charge in [0, 0.05) is 40.2 Å². The van der Waals surface area contributed by atoms with Crippen LogP contribution in [0.4, 0.5) is 0 Å². The first kappa shape index (κ1) is 8.36. The summed E-state index contributed by atoms with van der Waals surface area (Å²) in [7, 11) is -0.297. The van der Waals surface area contributed by atoms with Crippen LogP contribution in [-0.2, 0) is 26.3 Å². The minimum atomic E-state index is -0.916. The van der Waals surface area contributed by atoms with Crippen molar-refractivity contribution in [2.45, 2.75) is 4.58 Å². The van der Waals surface area contributed by atoms with Gasteiger partial charge in [-0.2, -0.15) is 0 Å². The number of hydrogen-bond donors (Lipinski definition) is 0. The number of ether oxygens (including phenoxy) is 1. The molecule has 0 spiro atoms. The zero-order chi connectivity index (χ0) is 7.56. The molecule has 0 amide bonds. The Bertz CT molecular complexity index is 152. The van der Waals surface area contributed by atoms with Crippen molar-refractivity contribution in [3.8, 4) is 0 Å². The average Bonchev–Trinajstić information content (AvgIpc) is 2.20. The Labute approximate surface area is 65.1 Å². The largest absolute Gasteiger partial charge is 0.382 e. The maximum absolute atomic E-state index is 11.0. The van der Waals surface area contributed by atoms with Gasteiger partial charge in [0.05, 0.1) is 6.61 Å². The van der Waals surface area contributed by atoms with Gasteiger partial charge >= 0.3 is 0 Å². The molecule has 5 heteroatoms. The topological polar surface area (TPSA) is 43.4 Å². The second kappa shape index (κ2) is 3.59. The summed E-state index contributed by atoms with van der Waals surface area (Å²) in [6.45, 7) is 0.360. The van der Waals surface area contributed by atoms with Gasteiger partial charge in [-0.3, -0.25) is 8.42 Å². The molecule has 1 saturated heterocycles. The fraction of sp³-hybridized carbons (Fsp3) is 1.00. The van der Waals surface area contributed by atoms with E-state index >= 15 is 0 Å². The highest BCUT2D eigenvalue weighted by atomic mass is 32.3. The quantitative estimate of drug-likeness (QED) is 0.576. The van der Waals surface area contributed by atoms with Gasteiger partial charge < -0.3 is 4.74 Å². The number of hydrogen-bond acceptors (Lipinski definition) is 3. The summed E-state index contributed by atoms with van der Waals surface area (Å²) in [6, 6.07) is 0. The predicted molar refractivity (Wildman–Crippen MR) is 41.7 cm³/mol. The molecule has 1 aliphatic heterocycles. The minimum absolute atomic E-state index is 0.231. The molecule has 0 aromatic heterocycles. The van der Waals surface area contributed by atoms with Gasteiger partial charge in [0.25, 0.3) is 0 Å². The van der Waals surface area contributed by atoms with Gasteiger partial charge in [-0.25, -0.2) is 0 Å².